The number of nitrogens with zero attached hydrogens (tertiary/aromatic N) is 3. The third-order valence-corrected chi connectivity index (χ3v) is 4.48. The smallest absolute Gasteiger partial charge is 0.242 e. The fourth-order valence-corrected chi connectivity index (χ4v) is 3.08. The highest BCUT2D eigenvalue weighted by atomic mass is 32.1. The summed E-state index contributed by atoms with van der Waals surface area (Å²) in [6, 6.07) is 7.51. The molecule has 1 aromatic carbocycles. The summed E-state index contributed by atoms with van der Waals surface area (Å²) in [5.41, 5.74) is 8.44. The Kier molecular flexibility index (Phi) is 4.57. The normalized spacial score (nSPS) is 12.4. The van der Waals surface area contributed by atoms with Gasteiger partial charge in [-0.15, -0.1) is 11.3 Å². The number of hydrogen-bond donors (Lipinski definition) is 2. The fourth-order valence-electron chi connectivity index (χ4n) is 2.48. The Bertz CT molecular complexity index is 810. The molecular formula is C16H19N5OS. The highest BCUT2D eigenvalue weighted by Crippen LogP contribution is 2.17. The lowest BCUT2D eigenvalue weighted by Gasteiger charge is -2.14. The average molecular weight is 329 g/mol. The molecule has 23 heavy (non-hydrogen) atoms. The lowest BCUT2D eigenvalue weighted by molar-refractivity contribution is -0.123. The minimum Gasteiger partial charge on any atom is -0.375 e. The molecule has 0 aliphatic rings. The molecule has 0 bridgehead atoms. The molecule has 0 spiro atoms. The first kappa shape index (κ1) is 15.5. The Hall–Kier alpha value is -2.41. The van der Waals surface area contributed by atoms with Crippen molar-refractivity contribution in [3.05, 3.63) is 41.7 Å². The molecule has 0 aliphatic heterocycles. The van der Waals surface area contributed by atoms with Crippen LogP contribution < -0.4 is 11.1 Å². The van der Waals surface area contributed by atoms with E-state index in [2.05, 4.69) is 15.3 Å². The molecule has 0 saturated carbocycles. The van der Waals surface area contributed by atoms with Gasteiger partial charge < -0.3 is 15.6 Å². The monoisotopic (exact) mass is 329 g/mol. The number of aromatic nitrogens is 3. The van der Waals surface area contributed by atoms with Crippen molar-refractivity contribution >= 4 is 33.4 Å². The average Bonchev–Trinajstić information content (AvgIpc) is 3.16. The van der Waals surface area contributed by atoms with E-state index in [1.165, 1.54) is 11.3 Å². The molecule has 2 heterocycles. The number of hydrogen-bond acceptors (Lipinski definition) is 5. The van der Waals surface area contributed by atoms with E-state index >= 15 is 0 Å². The zero-order chi connectivity index (χ0) is 16.2. The second-order valence-electron chi connectivity index (χ2n) is 5.39. The summed E-state index contributed by atoms with van der Waals surface area (Å²) in [4.78, 5) is 20.8. The second-order valence-corrected chi connectivity index (χ2v) is 6.28. The number of thiazole rings is 1. The summed E-state index contributed by atoms with van der Waals surface area (Å²) in [7, 11) is 0. The first-order chi connectivity index (χ1) is 11.1. The predicted molar refractivity (Wildman–Crippen MR) is 92.3 cm³/mol. The fraction of sp³-hybridized carbons (Fsp3) is 0.312. The van der Waals surface area contributed by atoms with Crippen molar-refractivity contribution in [3.8, 4) is 0 Å². The SMILES string of the molecule is CC(C(=O)NCCCc1csc(N)n1)n1cnc2ccccc21. The number of nitrogens with one attached hydrogen (secondary N) is 1. The molecule has 3 rings (SSSR count). The van der Waals surface area contributed by atoms with Crippen LogP contribution in [-0.2, 0) is 11.2 Å². The van der Waals surface area contributed by atoms with Crippen molar-refractivity contribution < 1.29 is 4.79 Å². The second kappa shape index (κ2) is 6.78. The molecule has 1 atom stereocenters. The van der Waals surface area contributed by atoms with Gasteiger partial charge in [-0.2, -0.15) is 0 Å². The number of amides is 1. The van der Waals surface area contributed by atoms with Crippen LogP contribution in [0.5, 0.6) is 0 Å². The van der Waals surface area contributed by atoms with Gasteiger partial charge in [-0.1, -0.05) is 12.1 Å². The molecule has 1 amide bonds. The van der Waals surface area contributed by atoms with Gasteiger partial charge in [0, 0.05) is 11.9 Å². The van der Waals surface area contributed by atoms with Crippen LogP contribution in [0.3, 0.4) is 0 Å². The van der Waals surface area contributed by atoms with Crippen molar-refractivity contribution in [2.75, 3.05) is 12.3 Å². The zero-order valence-corrected chi connectivity index (χ0v) is 13.7. The van der Waals surface area contributed by atoms with E-state index in [1.807, 2.05) is 41.1 Å². The number of imidazole rings is 1. The molecule has 120 valence electrons. The molecule has 2 aromatic heterocycles. The van der Waals surface area contributed by atoms with Crippen LogP contribution >= 0.6 is 11.3 Å². The minimum absolute atomic E-state index is 0.00838. The molecular weight excluding hydrogens is 310 g/mol. The molecule has 0 fully saturated rings. The van der Waals surface area contributed by atoms with Crippen LogP contribution in [0.25, 0.3) is 11.0 Å². The highest BCUT2D eigenvalue weighted by Gasteiger charge is 2.16. The first-order valence-electron chi connectivity index (χ1n) is 7.54. The number of nitrogen functional groups attached to an aromatic ring is 1. The Labute approximate surface area is 138 Å². The molecule has 7 heteroatoms. The van der Waals surface area contributed by atoms with Gasteiger partial charge in [0.05, 0.1) is 23.1 Å². The van der Waals surface area contributed by atoms with Crippen LogP contribution in [0.1, 0.15) is 25.1 Å². The van der Waals surface area contributed by atoms with Crippen molar-refractivity contribution in [1.29, 1.82) is 0 Å². The number of anilines is 1. The maximum absolute atomic E-state index is 12.3. The van der Waals surface area contributed by atoms with E-state index in [0.717, 1.165) is 29.6 Å². The summed E-state index contributed by atoms with van der Waals surface area (Å²) in [5, 5.41) is 5.51. The maximum atomic E-state index is 12.3. The maximum Gasteiger partial charge on any atom is 0.242 e. The van der Waals surface area contributed by atoms with Crippen molar-refractivity contribution in [2.45, 2.75) is 25.8 Å². The van der Waals surface area contributed by atoms with Gasteiger partial charge in [0.2, 0.25) is 5.91 Å². The van der Waals surface area contributed by atoms with Gasteiger partial charge in [-0.3, -0.25) is 4.79 Å². The Morgan fingerprint density at radius 1 is 1.43 bits per heavy atom. The molecule has 0 radical (unpaired) electrons. The molecule has 3 N–H and O–H groups in total. The Morgan fingerprint density at radius 2 is 2.26 bits per heavy atom. The largest absolute Gasteiger partial charge is 0.375 e. The lowest BCUT2D eigenvalue weighted by atomic mass is 10.2. The number of nitrogens with two attached hydrogens (primary N) is 1. The van der Waals surface area contributed by atoms with E-state index < -0.39 is 0 Å². The first-order valence-corrected chi connectivity index (χ1v) is 8.42. The molecule has 6 nitrogen and oxygen atoms in total. The molecule has 0 aliphatic carbocycles. The standard InChI is InChI=1S/C16H19N5OS/c1-11(21-10-19-13-6-2-3-7-14(13)21)15(22)18-8-4-5-12-9-23-16(17)20-12/h2-3,6-7,9-11H,4-5,8H2,1H3,(H2,17,20)(H,18,22). The number of rotatable bonds is 6. The van der Waals surface area contributed by atoms with Gasteiger partial charge in [-0.25, -0.2) is 9.97 Å². The topological polar surface area (TPSA) is 85.8 Å². The van der Waals surface area contributed by atoms with Crippen LogP contribution in [0, 0.1) is 0 Å². The molecule has 3 aromatic rings. The van der Waals surface area contributed by atoms with Gasteiger partial charge in [0.25, 0.3) is 0 Å². The minimum atomic E-state index is -0.294. The van der Waals surface area contributed by atoms with Gasteiger partial charge >= 0.3 is 0 Å². The van der Waals surface area contributed by atoms with Crippen LogP contribution in [0.15, 0.2) is 36.0 Å². The third-order valence-electron chi connectivity index (χ3n) is 3.76. The molecule has 1 unspecified atom stereocenters. The highest BCUT2D eigenvalue weighted by molar-refractivity contribution is 7.13. The summed E-state index contributed by atoms with van der Waals surface area (Å²) in [5.74, 6) is -0.00838. The number of benzene rings is 1. The van der Waals surface area contributed by atoms with E-state index in [4.69, 9.17) is 5.73 Å². The number of para-hydroxylation sites is 2. The summed E-state index contributed by atoms with van der Waals surface area (Å²) >= 11 is 1.44. The van der Waals surface area contributed by atoms with Crippen molar-refractivity contribution in [2.24, 2.45) is 0 Å². The zero-order valence-electron chi connectivity index (χ0n) is 12.9. The van der Waals surface area contributed by atoms with Crippen molar-refractivity contribution in [3.63, 3.8) is 0 Å². The number of carbonyl (C=O) groups is 1. The van der Waals surface area contributed by atoms with Gasteiger partial charge in [0.1, 0.15) is 6.04 Å². The number of carbonyl (C=O) groups excluding carboxylic acids is 1. The molecule has 0 saturated heterocycles. The van der Waals surface area contributed by atoms with E-state index in [0.29, 0.717) is 11.7 Å². The van der Waals surface area contributed by atoms with Crippen LogP contribution in [0.4, 0.5) is 5.13 Å². The quantitative estimate of drug-likeness (QED) is 0.680. The Morgan fingerprint density at radius 3 is 3.04 bits per heavy atom. The van der Waals surface area contributed by atoms with E-state index in [9.17, 15) is 4.79 Å². The number of aryl methyl sites for hydroxylation is 1. The van der Waals surface area contributed by atoms with Gasteiger partial charge in [0.15, 0.2) is 5.13 Å². The Balaban J connectivity index is 1.53. The predicted octanol–water partition coefficient (Wildman–Crippen LogP) is 2.39. The van der Waals surface area contributed by atoms with E-state index in [1.54, 1.807) is 6.33 Å². The van der Waals surface area contributed by atoms with Crippen LogP contribution in [0.2, 0.25) is 0 Å². The summed E-state index contributed by atoms with van der Waals surface area (Å²) < 4.78 is 1.89. The summed E-state index contributed by atoms with van der Waals surface area (Å²) in [6.45, 7) is 2.50. The third kappa shape index (κ3) is 3.50. The van der Waals surface area contributed by atoms with Crippen LogP contribution in [-0.4, -0.2) is 27.0 Å². The van der Waals surface area contributed by atoms with Gasteiger partial charge in [-0.05, 0) is 31.9 Å². The van der Waals surface area contributed by atoms with Crippen molar-refractivity contribution in [1.82, 2.24) is 19.9 Å². The lowest BCUT2D eigenvalue weighted by Crippen LogP contribution is -2.31. The number of fused-ring (bicyclic) bond motifs is 1. The van der Waals surface area contributed by atoms with E-state index in [-0.39, 0.29) is 11.9 Å². The summed E-state index contributed by atoms with van der Waals surface area (Å²) in [6.07, 6.45) is 3.37.